The maximum absolute atomic E-state index is 13.2. The van der Waals surface area contributed by atoms with Crippen LogP contribution in [0.2, 0.25) is 5.02 Å². The smallest absolute Gasteiger partial charge is 0.264 e. The van der Waals surface area contributed by atoms with E-state index in [1.54, 1.807) is 6.07 Å². The highest BCUT2D eigenvalue weighted by Gasteiger charge is 2.31. The molecule has 0 bridgehead atoms. The van der Waals surface area contributed by atoms with Gasteiger partial charge in [-0.1, -0.05) is 60.1 Å². The van der Waals surface area contributed by atoms with E-state index in [0.29, 0.717) is 18.7 Å². The van der Waals surface area contributed by atoms with Gasteiger partial charge in [-0.2, -0.15) is 0 Å². The number of ether oxygens (including phenoxy) is 1. The standard InChI is InChI=1S/C26H27ClN2O4S/c1-19(11-12-20-7-3-2-4-8-20)28-26(30)18-33-25-14-13-22(17-23(25)27)34(31,32)29-16-15-21-9-5-6-10-24(21)29/h2-10,13-14,17,19H,11-12,15-16,18H2,1H3,(H,28,30)/t19-/m0/s1. The molecule has 6 nitrogen and oxygen atoms in total. The number of benzene rings is 3. The number of anilines is 1. The molecule has 34 heavy (non-hydrogen) atoms. The van der Waals surface area contributed by atoms with E-state index in [0.717, 1.165) is 18.4 Å². The van der Waals surface area contributed by atoms with E-state index in [-0.39, 0.29) is 34.2 Å². The first-order chi connectivity index (χ1) is 16.3. The number of hydrogen-bond donors (Lipinski definition) is 1. The van der Waals surface area contributed by atoms with E-state index in [9.17, 15) is 13.2 Å². The van der Waals surface area contributed by atoms with Crippen molar-refractivity contribution in [2.45, 2.75) is 37.1 Å². The first-order valence-corrected chi connectivity index (χ1v) is 13.0. The van der Waals surface area contributed by atoms with Crippen molar-refractivity contribution in [2.24, 2.45) is 0 Å². The van der Waals surface area contributed by atoms with Gasteiger partial charge in [0.05, 0.1) is 15.6 Å². The van der Waals surface area contributed by atoms with Crippen molar-refractivity contribution in [1.82, 2.24) is 5.32 Å². The maximum Gasteiger partial charge on any atom is 0.264 e. The molecule has 4 rings (SSSR count). The summed E-state index contributed by atoms with van der Waals surface area (Å²) in [6.45, 7) is 2.13. The van der Waals surface area contributed by atoms with E-state index >= 15 is 0 Å². The van der Waals surface area contributed by atoms with Crippen LogP contribution in [-0.4, -0.2) is 33.5 Å². The van der Waals surface area contributed by atoms with Crippen molar-refractivity contribution < 1.29 is 17.9 Å². The van der Waals surface area contributed by atoms with Gasteiger partial charge < -0.3 is 10.1 Å². The average Bonchev–Trinajstić information content (AvgIpc) is 3.28. The number of nitrogens with one attached hydrogen (secondary N) is 1. The Morgan fingerprint density at radius 1 is 1.09 bits per heavy atom. The maximum atomic E-state index is 13.2. The number of sulfonamides is 1. The van der Waals surface area contributed by atoms with Crippen LogP contribution in [0.4, 0.5) is 5.69 Å². The number of rotatable bonds is 9. The molecule has 3 aromatic carbocycles. The Morgan fingerprint density at radius 3 is 2.59 bits per heavy atom. The number of nitrogens with zero attached hydrogens (tertiary/aromatic N) is 1. The van der Waals surface area contributed by atoms with Gasteiger partial charge in [0, 0.05) is 12.6 Å². The molecule has 3 aromatic rings. The third-order valence-corrected chi connectivity index (χ3v) is 7.92. The molecule has 1 N–H and O–H groups in total. The second-order valence-electron chi connectivity index (χ2n) is 8.33. The largest absolute Gasteiger partial charge is 0.482 e. The highest BCUT2D eigenvalue weighted by Crippen LogP contribution is 2.35. The first-order valence-electron chi connectivity index (χ1n) is 11.2. The van der Waals surface area contributed by atoms with Crippen LogP contribution in [0.5, 0.6) is 5.75 Å². The Bertz CT molecular complexity index is 1260. The van der Waals surface area contributed by atoms with Gasteiger partial charge in [-0.25, -0.2) is 8.42 Å². The van der Waals surface area contributed by atoms with Crippen LogP contribution in [0.1, 0.15) is 24.5 Å². The Hall–Kier alpha value is -3.03. The minimum absolute atomic E-state index is 0.0114. The second-order valence-corrected chi connectivity index (χ2v) is 10.6. The summed E-state index contributed by atoms with van der Waals surface area (Å²) in [5.41, 5.74) is 2.91. The molecule has 0 spiro atoms. The van der Waals surface area contributed by atoms with Gasteiger partial charge in [0.15, 0.2) is 6.61 Å². The minimum Gasteiger partial charge on any atom is -0.482 e. The van der Waals surface area contributed by atoms with Gasteiger partial charge in [-0.15, -0.1) is 0 Å². The van der Waals surface area contributed by atoms with Crippen molar-refractivity contribution in [2.75, 3.05) is 17.5 Å². The van der Waals surface area contributed by atoms with E-state index in [1.165, 1.54) is 28.1 Å². The van der Waals surface area contributed by atoms with Crippen molar-refractivity contribution >= 4 is 33.2 Å². The lowest BCUT2D eigenvalue weighted by Gasteiger charge is -2.20. The fourth-order valence-corrected chi connectivity index (χ4v) is 5.83. The third kappa shape index (κ3) is 5.54. The number of carbonyl (C=O) groups excluding carboxylic acids is 1. The summed E-state index contributed by atoms with van der Waals surface area (Å²) in [4.78, 5) is 12.4. The van der Waals surface area contributed by atoms with Crippen LogP contribution in [0.3, 0.4) is 0 Å². The molecule has 1 amide bonds. The van der Waals surface area contributed by atoms with Gasteiger partial charge in [0.2, 0.25) is 0 Å². The zero-order chi connectivity index (χ0) is 24.1. The molecule has 0 saturated heterocycles. The highest BCUT2D eigenvalue weighted by molar-refractivity contribution is 7.92. The second kappa shape index (κ2) is 10.5. The molecule has 178 valence electrons. The van der Waals surface area contributed by atoms with Crippen molar-refractivity contribution in [3.05, 3.63) is 88.9 Å². The van der Waals surface area contributed by atoms with Crippen molar-refractivity contribution in [1.29, 1.82) is 0 Å². The molecule has 0 unspecified atom stereocenters. The quantitative estimate of drug-likeness (QED) is 0.467. The summed E-state index contributed by atoms with van der Waals surface area (Å²) in [5, 5.41) is 3.05. The van der Waals surface area contributed by atoms with Crippen molar-refractivity contribution in [3.63, 3.8) is 0 Å². The van der Waals surface area contributed by atoms with E-state index in [1.807, 2.05) is 43.3 Å². The monoisotopic (exact) mass is 498 g/mol. The van der Waals surface area contributed by atoms with Crippen LogP contribution in [-0.2, 0) is 27.7 Å². The molecule has 0 aliphatic carbocycles. The molecule has 0 radical (unpaired) electrons. The van der Waals surface area contributed by atoms with Gasteiger partial charge in [0.1, 0.15) is 5.75 Å². The molecular weight excluding hydrogens is 472 g/mol. The Kier molecular flexibility index (Phi) is 7.44. The summed E-state index contributed by atoms with van der Waals surface area (Å²) < 4.78 is 33.3. The zero-order valence-electron chi connectivity index (χ0n) is 18.9. The normalized spacial score (nSPS) is 13.9. The Morgan fingerprint density at radius 2 is 1.82 bits per heavy atom. The highest BCUT2D eigenvalue weighted by atomic mass is 35.5. The fourth-order valence-electron chi connectivity index (χ4n) is 4.00. The average molecular weight is 499 g/mol. The minimum atomic E-state index is -3.75. The van der Waals surface area contributed by atoms with Crippen LogP contribution >= 0.6 is 11.6 Å². The number of fused-ring (bicyclic) bond motifs is 1. The zero-order valence-corrected chi connectivity index (χ0v) is 20.5. The number of hydrogen-bond acceptors (Lipinski definition) is 4. The molecule has 8 heteroatoms. The molecule has 0 saturated carbocycles. The molecule has 0 fully saturated rings. The van der Waals surface area contributed by atoms with Gasteiger partial charge in [-0.05, 0) is 61.6 Å². The molecular formula is C26H27ClN2O4S. The predicted octanol–water partition coefficient (Wildman–Crippen LogP) is 4.61. The van der Waals surface area contributed by atoms with E-state index in [4.69, 9.17) is 16.3 Å². The lowest BCUT2D eigenvalue weighted by atomic mass is 10.1. The molecule has 1 heterocycles. The number of para-hydroxylation sites is 1. The molecule has 1 atom stereocenters. The molecule has 1 aliphatic rings. The number of carbonyl (C=O) groups is 1. The van der Waals surface area contributed by atoms with E-state index in [2.05, 4.69) is 17.4 Å². The van der Waals surface area contributed by atoms with Gasteiger partial charge >= 0.3 is 0 Å². The number of aryl methyl sites for hydroxylation is 1. The molecule has 0 aromatic heterocycles. The number of halogens is 1. The summed E-state index contributed by atoms with van der Waals surface area (Å²) in [7, 11) is -3.75. The summed E-state index contributed by atoms with van der Waals surface area (Å²) in [5.74, 6) is -0.00322. The SMILES string of the molecule is C[C@@H](CCc1ccccc1)NC(=O)COc1ccc(S(=O)(=O)N2CCc3ccccc32)cc1Cl. The lowest BCUT2D eigenvalue weighted by Crippen LogP contribution is -2.36. The molecule has 1 aliphatic heterocycles. The lowest BCUT2D eigenvalue weighted by molar-refractivity contribution is -0.123. The topological polar surface area (TPSA) is 75.7 Å². The third-order valence-electron chi connectivity index (χ3n) is 5.81. The van der Waals surface area contributed by atoms with Crippen LogP contribution < -0.4 is 14.4 Å². The van der Waals surface area contributed by atoms with E-state index < -0.39 is 10.0 Å². The summed E-state index contributed by atoms with van der Waals surface area (Å²) in [6, 6.07) is 21.9. The van der Waals surface area contributed by atoms with Crippen LogP contribution in [0.15, 0.2) is 77.7 Å². The number of amides is 1. The van der Waals surface area contributed by atoms with Gasteiger partial charge in [0.25, 0.3) is 15.9 Å². The van der Waals surface area contributed by atoms with Crippen LogP contribution in [0.25, 0.3) is 0 Å². The summed E-state index contributed by atoms with van der Waals surface area (Å²) in [6.07, 6.45) is 2.35. The Balaban J connectivity index is 1.33. The van der Waals surface area contributed by atoms with Gasteiger partial charge in [-0.3, -0.25) is 9.10 Å². The summed E-state index contributed by atoms with van der Waals surface area (Å²) >= 11 is 6.31. The van der Waals surface area contributed by atoms with Crippen LogP contribution in [0, 0.1) is 0 Å². The first kappa shape index (κ1) is 24.1. The fraction of sp³-hybridized carbons (Fsp3) is 0.269. The van der Waals surface area contributed by atoms with Crippen molar-refractivity contribution in [3.8, 4) is 5.75 Å². The Labute approximate surface area is 205 Å². The predicted molar refractivity (Wildman–Crippen MR) is 134 cm³/mol.